The van der Waals surface area contributed by atoms with Gasteiger partial charge in [0.2, 0.25) is 0 Å². The fourth-order valence-electron chi connectivity index (χ4n) is 2.97. The molecule has 0 atom stereocenters. The van der Waals surface area contributed by atoms with Crippen LogP contribution < -0.4 is 0 Å². The highest BCUT2D eigenvalue weighted by Gasteiger charge is 2.43. The molecule has 0 N–H and O–H groups in total. The highest BCUT2D eigenvalue weighted by molar-refractivity contribution is 6.60. The van der Waals surface area contributed by atoms with E-state index in [0.717, 1.165) is 25.0 Å². The van der Waals surface area contributed by atoms with Gasteiger partial charge in [0, 0.05) is 42.1 Å². The van der Waals surface area contributed by atoms with Gasteiger partial charge in [-0.15, -0.1) is 0 Å². The summed E-state index contributed by atoms with van der Waals surface area (Å²) in [6, 6.07) is 2.09. The van der Waals surface area contributed by atoms with Gasteiger partial charge in [-0.05, 0) is 60.8 Å². The maximum atomic E-state index is 13.7. The fourth-order valence-corrected chi connectivity index (χ4v) is 6.33. The van der Waals surface area contributed by atoms with E-state index >= 15 is 0 Å². The van der Waals surface area contributed by atoms with Crippen molar-refractivity contribution in [3.63, 3.8) is 0 Å². The molecular formula is C20H33F3O3Si. The van der Waals surface area contributed by atoms with Crippen molar-refractivity contribution in [3.05, 3.63) is 35.1 Å². The van der Waals surface area contributed by atoms with Gasteiger partial charge in [0.15, 0.2) is 0 Å². The minimum absolute atomic E-state index is 0.0171. The third kappa shape index (κ3) is 8.77. The Morgan fingerprint density at radius 2 is 1.19 bits per heavy atom. The summed E-state index contributed by atoms with van der Waals surface area (Å²) in [5, 5.41) is 0. The summed E-state index contributed by atoms with van der Waals surface area (Å²) in [6.07, 6.45) is 2.28. The Hall–Kier alpha value is -0.893. The first-order chi connectivity index (χ1) is 12.5. The van der Waals surface area contributed by atoms with E-state index in [-0.39, 0.29) is 30.3 Å². The van der Waals surface area contributed by atoms with Gasteiger partial charge in [-0.1, -0.05) is 6.42 Å². The average molecular weight is 407 g/mol. The maximum Gasteiger partial charge on any atom is 0.501 e. The number of rotatable bonds is 12. The lowest BCUT2D eigenvalue weighted by Gasteiger charge is -2.34. The summed E-state index contributed by atoms with van der Waals surface area (Å²) >= 11 is 0. The SMILES string of the molecule is CC(C)O[Si](CCCCCc1c(F)cc(F)cc1F)(OC(C)C)OC(C)C. The predicted octanol–water partition coefficient (Wildman–Crippen LogP) is 6.03. The first kappa shape index (κ1) is 24.1. The molecule has 0 heterocycles. The Balaban J connectivity index is 2.65. The van der Waals surface area contributed by atoms with E-state index in [4.69, 9.17) is 13.3 Å². The van der Waals surface area contributed by atoms with Crippen LogP contribution in [0.4, 0.5) is 13.2 Å². The summed E-state index contributed by atoms with van der Waals surface area (Å²) in [5.41, 5.74) is -0.0600. The number of benzene rings is 1. The van der Waals surface area contributed by atoms with E-state index in [1.807, 2.05) is 41.5 Å². The zero-order valence-corrected chi connectivity index (χ0v) is 18.3. The Kier molecular flexibility index (Phi) is 10.0. The molecule has 0 saturated carbocycles. The minimum atomic E-state index is -2.84. The molecule has 0 aromatic heterocycles. The van der Waals surface area contributed by atoms with Gasteiger partial charge in [0.1, 0.15) is 17.5 Å². The van der Waals surface area contributed by atoms with Crippen molar-refractivity contribution in [2.75, 3.05) is 0 Å². The van der Waals surface area contributed by atoms with Gasteiger partial charge < -0.3 is 13.3 Å². The molecule has 1 rings (SSSR count). The topological polar surface area (TPSA) is 27.7 Å². The van der Waals surface area contributed by atoms with Gasteiger partial charge in [-0.3, -0.25) is 0 Å². The largest absolute Gasteiger partial charge is 0.501 e. The molecule has 0 radical (unpaired) electrons. The van der Waals surface area contributed by atoms with E-state index in [9.17, 15) is 13.2 Å². The average Bonchev–Trinajstić information content (AvgIpc) is 2.46. The molecule has 1 aromatic carbocycles. The number of hydrogen-bond acceptors (Lipinski definition) is 3. The zero-order chi connectivity index (χ0) is 20.6. The van der Waals surface area contributed by atoms with Crippen LogP contribution in [0.1, 0.15) is 66.4 Å². The van der Waals surface area contributed by atoms with Crippen molar-refractivity contribution in [2.24, 2.45) is 0 Å². The fraction of sp³-hybridized carbons (Fsp3) is 0.700. The second-order valence-electron chi connectivity index (χ2n) is 7.59. The van der Waals surface area contributed by atoms with E-state index in [2.05, 4.69) is 0 Å². The molecule has 156 valence electrons. The van der Waals surface area contributed by atoms with Crippen LogP contribution >= 0.6 is 0 Å². The highest BCUT2D eigenvalue weighted by atomic mass is 28.4. The third-order valence-electron chi connectivity index (χ3n) is 3.76. The van der Waals surface area contributed by atoms with E-state index in [0.29, 0.717) is 12.5 Å². The first-order valence-electron chi connectivity index (χ1n) is 9.71. The number of unbranched alkanes of at least 4 members (excludes halogenated alkanes) is 2. The molecule has 0 spiro atoms. The molecule has 0 aliphatic carbocycles. The van der Waals surface area contributed by atoms with E-state index in [1.54, 1.807) is 0 Å². The van der Waals surface area contributed by atoms with Crippen LogP contribution in [-0.2, 0) is 19.7 Å². The van der Waals surface area contributed by atoms with Crippen molar-refractivity contribution in [3.8, 4) is 0 Å². The summed E-state index contributed by atoms with van der Waals surface area (Å²) < 4.78 is 58.7. The molecule has 0 aliphatic rings. The van der Waals surface area contributed by atoms with Crippen LogP contribution in [0, 0.1) is 17.5 Å². The van der Waals surface area contributed by atoms with Gasteiger partial charge in [-0.2, -0.15) is 0 Å². The summed E-state index contributed by atoms with van der Waals surface area (Å²) in [4.78, 5) is 0. The normalized spacial score (nSPS) is 12.6. The second-order valence-corrected chi connectivity index (χ2v) is 10.2. The number of hydrogen-bond donors (Lipinski definition) is 0. The van der Waals surface area contributed by atoms with Crippen molar-refractivity contribution >= 4 is 8.80 Å². The Bertz CT molecular complexity index is 530. The van der Waals surface area contributed by atoms with Crippen molar-refractivity contribution in [2.45, 2.75) is 91.6 Å². The molecule has 0 aliphatic heterocycles. The minimum Gasteiger partial charge on any atom is -0.371 e. The Morgan fingerprint density at radius 3 is 1.59 bits per heavy atom. The lowest BCUT2D eigenvalue weighted by molar-refractivity contribution is 0.00278. The highest BCUT2D eigenvalue weighted by Crippen LogP contribution is 2.25. The van der Waals surface area contributed by atoms with Crippen LogP contribution in [0.2, 0.25) is 6.04 Å². The molecule has 0 fully saturated rings. The monoisotopic (exact) mass is 406 g/mol. The van der Waals surface area contributed by atoms with Crippen LogP contribution in [-0.4, -0.2) is 27.1 Å². The lowest BCUT2D eigenvalue weighted by atomic mass is 10.1. The number of halogens is 3. The lowest BCUT2D eigenvalue weighted by Crippen LogP contribution is -2.50. The molecular weight excluding hydrogens is 373 g/mol. The van der Waals surface area contributed by atoms with Crippen molar-refractivity contribution < 1.29 is 26.4 Å². The van der Waals surface area contributed by atoms with Crippen LogP contribution in [0.5, 0.6) is 0 Å². The standard InChI is InChI=1S/C20H33F3O3Si/c1-14(2)24-27(25-15(3)4,26-16(5)6)11-9-7-8-10-18-19(22)12-17(21)13-20(18)23/h12-16H,7-11H2,1-6H3. The molecule has 0 bridgehead atoms. The Labute approximate surface area is 162 Å². The van der Waals surface area contributed by atoms with E-state index in [1.165, 1.54) is 0 Å². The molecule has 0 saturated heterocycles. The predicted molar refractivity (Wildman–Crippen MR) is 103 cm³/mol. The molecule has 7 heteroatoms. The van der Waals surface area contributed by atoms with Gasteiger partial charge >= 0.3 is 8.80 Å². The first-order valence-corrected chi connectivity index (χ1v) is 11.6. The molecule has 3 nitrogen and oxygen atoms in total. The van der Waals surface area contributed by atoms with E-state index < -0.39 is 26.3 Å². The molecule has 1 aromatic rings. The third-order valence-corrected chi connectivity index (χ3v) is 7.22. The van der Waals surface area contributed by atoms with Crippen molar-refractivity contribution in [1.82, 2.24) is 0 Å². The molecule has 0 unspecified atom stereocenters. The maximum absolute atomic E-state index is 13.7. The Morgan fingerprint density at radius 1 is 0.741 bits per heavy atom. The van der Waals surface area contributed by atoms with Crippen LogP contribution in [0.15, 0.2) is 12.1 Å². The van der Waals surface area contributed by atoms with Gasteiger partial charge in [-0.25, -0.2) is 13.2 Å². The summed E-state index contributed by atoms with van der Waals surface area (Å²) in [6.45, 7) is 11.7. The summed E-state index contributed by atoms with van der Waals surface area (Å²) in [7, 11) is -2.84. The second kappa shape index (κ2) is 11.2. The summed E-state index contributed by atoms with van der Waals surface area (Å²) in [5.74, 6) is -2.55. The van der Waals surface area contributed by atoms with Gasteiger partial charge in [0.25, 0.3) is 0 Å². The van der Waals surface area contributed by atoms with Crippen LogP contribution in [0.3, 0.4) is 0 Å². The quantitative estimate of drug-likeness (QED) is 0.313. The van der Waals surface area contributed by atoms with Crippen LogP contribution in [0.25, 0.3) is 0 Å². The smallest absolute Gasteiger partial charge is 0.371 e. The molecule has 27 heavy (non-hydrogen) atoms. The van der Waals surface area contributed by atoms with Crippen molar-refractivity contribution in [1.29, 1.82) is 0 Å². The molecule has 0 amide bonds. The van der Waals surface area contributed by atoms with Gasteiger partial charge in [0.05, 0.1) is 0 Å². The zero-order valence-electron chi connectivity index (χ0n) is 17.3.